The number of nitrogens with zero attached hydrogens (tertiary/aromatic N) is 2. The third kappa shape index (κ3) is 4.94. The fourth-order valence-corrected chi connectivity index (χ4v) is 5.58. The van der Waals surface area contributed by atoms with Crippen LogP contribution < -0.4 is 24.4 Å². The Morgan fingerprint density at radius 2 is 2.03 bits per heavy atom. The van der Waals surface area contributed by atoms with Gasteiger partial charge in [-0.2, -0.15) is 0 Å². The van der Waals surface area contributed by atoms with Gasteiger partial charge in [0.1, 0.15) is 18.1 Å². The molecule has 0 fully saturated rings. The second kappa shape index (κ2) is 11.1. The summed E-state index contributed by atoms with van der Waals surface area (Å²) in [5.74, 6) is 0.774. The van der Waals surface area contributed by atoms with Gasteiger partial charge in [-0.25, -0.2) is 9.79 Å². The number of esters is 1. The zero-order valence-electron chi connectivity index (χ0n) is 20.1. The van der Waals surface area contributed by atoms with Crippen molar-refractivity contribution in [2.24, 2.45) is 4.99 Å². The Kier molecular flexibility index (Phi) is 7.91. The molecule has 1 aliphatic rings. The predicted molar refractivity (Wildman–Crippen MR) is 143 cm³/mol. The van der Waals surface area contributed by atoms with Crippen LogP contribution >= 0.6 is 27.3 Å². The van der Waals surface area contributed by atoms with Crippen LogP contribution in [-0.4, -0.2) is 30.9 Å². The number of allylic oxidation sites excluding steroid dienone is 1. The Morgan fingerprint density at radius 1 is 1.25 bits per heavy atom. The molecule has 1 aromatic heterocycles. The van der Waals surface area contributed by atoms with E-state index in [2.05, 4.69) is 27.5 Å². The Morgan fingerprint density at radius 3 is 2.72 bits per heavy atom. The predicted octanol–water partition coefficient (Wildman–Crippen LogP) is 4.13. The molecule has 0 unspecified atom stereocenters. The van der Waals surface area contributed by atoms with Gasteiger partial charge in [0.25, 0.3) is 5.56 Å². The van der Waals surface area contributed by atoms with Crippen molar-refractivity contribution < 1.29 is 19.0 Å². The second-order valence-corrected chi connectivity index (χ2v) is 9.70. The number of carbonyl (C=O) groups excluding carboxylic acids is 1. The molecule has 0 bridgehead atoms. The van der Waals surface area contributed by atoms with Gasteiger partial charge >= 0.3 is 5.97 Å². The van der Waals surface area contributed by atoms with Gasteiger partial charge in [0, 0.05) is 5.56 Å². The molecule has 1 aliphatic heterocycles. The molecule has 1 atom stereocenters. The number of benzene rings is 2. The first-order chi connectivity index (χ1) is 17.4. The molecule has 7 nitrogen and oxygen atoms in total. The van der Waals surface area contributed by atoms with E-state index >= 15 is 0 Å². The summed E-state index contributed by atoms with van der Waals surface area (Å²) in [5, 5.41) is 0. The van der Waals surface area contributed by atoms with Gasteiger partial charge in [-0.1, -0.05) is 48.3 Å². The van der Waals surface area contributed by atoms with Crippen LogP contribution in [0.5, 0.6) is 11.5 Å². The Hall–Kier alpha value is -3.43. The maximum absolute atomic E-state index is 13.8. The van der Waals surface area contributed by atoms with Crippen LogP contribution in [0, 0.1) is 0 Å². The lowest BCUT2D eigenvalue weighted by Gasteiger charge is -2.25. The number of hydrogen-bond donors (Lipinski definition) is 0. The van der Waals surface area contributed by atoms with E-state index in [9.17, 15) is 9.59 Å². The molecule has 0 radical (unpaired) electrons. The summed E-state index contributed by atoms with van der Waals surface area (Å²) in [6.45, 7) is 7.75. The minimum atomic E-state index is -0.711. The number of rotatable bonds is 8. The molecule has 0 saturated carbocycles. The van der Waals surface area contributed by atoms with Crippen molar-refractivity contribution >= 4 is 39.3 Å². The largest absolute Gasteiger partial charge is 0.496 e. The minimum Gasteiger partial charge on any atom is -0.496 e. The molecule has 3 aromatic rings. The second-order valence-electron chi connectivity index (χ2n) is 7.83. The maximum atomic E-state index is 13.8. The first kappa shape index (κ1) is 25.7. The smallest absolute Gasteiger partial charge is 0.338 e. The summed E-state index contributed by atoms with van der Waals surface area (Å²) >= 11 is 4.78. The zero-order chi connectivity index (χ0) is 25.8. The molecular formula is C27H25BrN2O5S. The van der Waals surface area contributed by atoms with E-state index in [0.717, 1.165) is 11.1 Å². The van der Waals surface area contributed by atoms with Gasteiger partial charge in [-0.15, -0.1) is 0 Å². The topological polar surface area (TPSA) is 79.1 Å². The van der Waals surface area contributed by atoms with Gasteiger partial charge in [-0.3, -0.25) is 9.36 Å². The van der Waals surface area contributed by atoms with Crippen molar-refractivity contribution in [2.75, 3.05) is 20.3 Å². The van der Waals surface area contributed by atoms with Crippen LogP contribution in [0.4, 0.5) is 0 Å². The van der Waals surface area contributed by atoms with E-state index in [0.29, 0.717) is 43.2 Å². The molecular weight excluding hydrogens is 544 g/mol. The summed E-state index contributed by atoms with van der Waals surface area (Å²) in [6, 6.07) is 12.2. The van der Waals surface area contributed by atoms with Crippen molar-refractivity contribution in [3.8, 4) is 11.5 Å². The highest BCUT2D eigenvalue weighted by molar-refractivity contribution is 9.10. The third-order valence-electron chi connectivity index (χ3n) is 5.57. The average Bonchev–Trinajstić information content (AvgIpc) is 3.16. The summed E-state index contributed by atoms with van der Waals surface area (Å²) in [4.78, 5) is 31.9. The van der Waals surface area contributed by atoms with E-state index in [1.54, 1.807) is 43.7 Å². The van der Waals surface area contributed by atoms with Crippen LogP contribution in [0.3, 0.4) is 0 Å². The number of methoxy groups -OCH3 is 1. The van der Waals surface area contributed by atoms with Gasteiger partial charge in [0.15, 0.2) is 4.80 Å². The summed E-state index contributed by atoms with van der Waals surface area (Å²) in [6.07, 6.45) is 3.45. The normalized spacial score (nSPS) is 15.2. The molecule has 0 aliphatic carbocycles. The average molecular weight is 569 g/mol. The molecule has 0 amide bonds. The number of ether oxygens (including phenoxy) is 3. The quantitative estimate of drug-likeness (QED) is 0.301. The number of thiazole rings is 1. The van der Waals surface area contributed by atoms with Gasteiger partial charge in [-0.05, 0) is 59.6 Å². The van der Waals surface area contributed by atoms with Crippen molar-refractivity contribution in [3.05, 3.63) is 102 Å². The molecule has 2 heterocycles. The van der Waals surface area contributed by atoms with E-state index in [1.165, 1.54) is 11.3 Å². The molecule has 0 spiro atoms. The lowest BCUT2D eigenvalue weighted by Crippen LogP contribution is -2.40. The van der Waals surface area contributed by atoms with Gasteiger partial charge in [0.2, 0.25) is 0 Å². The number of para-hydroxylation sites is 1. The maximum Gasteiger partial charge on any atom is 0.338 e. The van der Waals surface area contributed by atoms with Crippen LogP contribution in [0.15, 0.2) is 80.6 Å². The fraction of sp³-hybridized carbons (Fsp3) is 0.222. The van der Waals surface area contributed by atoms with Crippen LogP contribution in [0.25, 0.3) is 6.08 Å². The standard InChI is InChI=1S/C27H25BrN2O5S/c1-5-13-35-20-10-8-7-9-17(20)15-22-25(31)30-24(18-11-12-21(33-4)19(28)14-18)23(26(32)34-6-2)16(3)29-27(30)36-22/h5,7-12,14-15,24H,1,6,13H2,2-4H3/b22-15+/t24-/m1/s1. The number of hydrogen-bond acceptors (Lipinski definition) is 7. The van der Waals surface area contributed by atoms with Crippen molar-refractivity contribution in [2.45, 2.75) is 19.9 Å². The summed E-state index contributed by atoms with van der Waals surface area (Å²) in [5.41, 5.74) is 2.05. The van der Waals surface area contributed by atoms with Crippen LogP contribution in [0.1, 0.15) is 31.0 Å². The number of fused-ring (bicyclic) bond motifs is 1. The van der Waals surface area contributed by atoms with E-state index in [1.807, 2.05) is 36.4 Å². The highest BCUT2D eigenvalue weighted by Gasteiger charge is 2.33. The zero-order valence-corrected chi connectivity index (χ0v) is 22.5. The third-order valence-corrected chi connectivity index (χ3v) is 7.17. The highest BCUT2D eigenvalue weighted by Crippen LogP contribution is 2.35. The molecule has 186 valence electrons. The molecule has 9 heteroatoms. The first-order valence-corrected chi connectivity index (χ1v) is 12.9. The highest BCUT2D eigenvalue weighted by atomic mass is 79.9. The SMILES string of the molecule is C=CCOc1ccccc1/C=c1/sc2n(c1=O)[C@H](c1ccc(OC)c(Br)c1)C(C(=O)OCC)=C(C)N=2. The first-order valence-electron chi connectivity index (χ1n) is 11.2. The van der Waals surface area contributed by atoms with E-state index in [-0.39, 0.29) is 12.2 Å². The van der Waals surface area contributed by atoms with Crippen LogP contribution in [-0.2, 0) is 9.53 Å². The Bertz CT molecular complexity index is 1540. The molecule has 0 N–H and O–H groups in total. The van der Waals surface area contributed by atoms with Crippen molar-refractivity contribution in [3.63, 3.8) is 0 Å². The van der Waals surface area contributed by atoms with Crippen molar-refractivity contribution in [1.82, 2.24) is 4.57 Å². The summed E-state index contributed by atoms with van der Waals surface area (Å²) in [7, 11) is 1.58. The van der Waals surface area contributed by atoms with Gasteiger partial charge < -0.3 is 14.2 Å². The number of carbonyl (C=O) groups is 1. The molecule has 4 rings (SSSR count). The van der Waals surface area contributed by atoms with Gasteiger partial charge in [0.05, 0.1) is 40.0 Å². The Balaban J connectivity index is 1.94. The molecule has 0 saturated heterocycles. The monoisotopic (exact) mass is 568 g/mol. The van der Waals surface area contributed by atoms with E-state index < -0.39 is 12.0 Å². The molecule has 36 heavy (non-hydrogen) atoms. The fourth-order valence-electron chi connectivity index (χ4n) is 3.98. The van der Waals surface area contributed by atoms with E-state index in [4.69, 9.17) is 14.2 Å². The lowest BCUT2D eigenvalue weighted by atomic mass is 9.96. The lowest BCUT2D eigenvalue weighted by molar-refractivity contribution is -0.139. The number of halogens is 1. The number of aromatic nitrogens is 1. The van der Waals surface area contributed by atoms with Crippen LogP contribution in [0.2, 0.25) is 0 Å². The van der Waals surface area contributed by atoms with Crippen molar-refractivity contribution in [1.29, 1.82) is 0 Å². The minimum absolute atomic E-state index is 0.209. The molecule has 2 aromatic carbocycles. The Labute approximate surface area is 220 Å². The summed E-state index contributed by atoms with van der Waals surface area (Å²) < 4.78 is 19.2.